The average Bonchev–Trinajstić information content (AvgIpc) is 3.14. The Morgan fingerprint density at radius 1 is 1.06 bits per heavy atom. The van der Waals surface area contributed by atoms with E-state index in [-0.39, 0.29) is 29.4 Å². The second-order valence-electron chi connectivity index (χ2n) is 7.22. The zero-order valence-electron chi connectivity index (χ0n) is 17.2. The van der Waals surface area contributed by atoms with E-state index < -0.39 is 11.9 Å². The van der Waals surface area contributed by atoms with E-state index in [1.165, 1.54) is 18.1 Å². The van der Waals surface area contributed by atoms with Crippen LogP contribution in [0.4, 0.5) is 0 Å². The Kier molecular flexibility index (Phi) is 5.19. The van der Waals surface area contributed by atoms with Crippen molar-refractivity contribution in [1.82, 2.24) is 15.2 Å². The summed E-state index contributed by atoms with van der Waals surface area (Å²) in [5.41, 5.74) is 3.08. The van der Waals surface area contributed by atoms with Crippen LogP contribution in [-0.4, -0.2) is 34.8 Å². The number of methoxy groups -OCH3 is 1. The van der Waals surface area contributed by atoms with Crippen LogP contribution in [0, 0.1) is 0 Å². The van der Waals surface area contributed by atoms with Crippen LogP contribution >= 0.6 is 0 Å². The highest BCUT2D eigenvalue weighted by Crippen LogP contribution is 2.35. The molecular weight excluding hydrogens is 410 g/mol. The number of aromatic amines is 1. The highest BCUT2D eigenvalue weighted by molar-refractivity contribution is 6.08. The van der Waals surface area contributed by atoms with Crippen molar-refractivity contribution in [2.75, 3.05) is 7.11 Å². The number of esters is 1. The predicted octanol–water partition coefficient (Wildman–Crippen LogP) is 2.47. The van der Waals surface area contributed by atoms with Crippen molar-refractivity contribution >= 4 is 28.7 Å². The van der Waals surface area contributed by atoms with Crippen molar-refractivity contribution in [2.45, 2.75) is 6.54 Å². The molecule has 4 rings (SSSR count). The van der Waals surface area contributed by atoms with E-state index >= 15 is 0 Å². The third-order valence-corrected chi connectivity index (χ3v) is 5.29. The molecule has 0 saturated carbocycles. The predicted molar refractivity (Wildman–Crippen MR) is 118 cm³/mol. The minimum Gasteiger partial charge on any atom is -0.464 e. The first-order chi connectivity index (χ1) is 15.3. The number of hydrogen-bond acceptors (Lipinski definition) is 5. The topological polar surface area (TPSA) is 109 Å². The lowest BCUT2D eigenvalue weighted by Gasteiger charge is -2.18. The largest absolute Gasteiger partial charge is 0.464 e. The number of rotatable bonds is 5. The Labute approximate surface area is 182 Å². The first-order valence-corrected chi connectivity index (χ1v) is 9.65. The number of fused-ring (bicyclic) bond motifs is 2. The van der Waals surface area contributed by atoms with Crippen LogP contribution in [0.25, 0.3) is 22.0 Å². The molecule has 1 aliphatic rings. The number of pyridine rings is 1. The Bertz CT molecular complexity index is 1390. The van der Waals surface area contributed by atoms with E-state index in [1.807, 2.05) is 24.3 Å². The Morgan fingerprint density at radius 2 is 1.81 bits per heavy atom. The van der Waals surface area contributed by atoms with Crippen molar-refractivity contribution in [3.05, 3.63) is 94.6 Å². The van der Waals surface area contributed by atoms with Crippen molar-refractivity contribution in [3.8, 4) is 11.1 Å². The van der Waals surface area contributed by atoms with Crippen LogP contribution < -0.4 is 10.9 Å². The molecular formula is C24H19N3O5. The van der Waals surface area contributed by atoms with Gasteiger partial charge in [-0.25, -0.2) is 4.79 Å². The lowest BCUT2D eigenvalue weighted by atomic mass is 9.96. The molecule has 3 aromatic rings. The van der Waals surface area contributed by atoms with Gasteiger partial charge in [-0.3, -0.25) is 19.3 Å². The van der Waals surface area contributed by atoms with Crippen LogP contribution in [0.3, 0.4) is 0 Å². The Morgan fingerprint density at radius 3 is 2.56 bits per heavy atom. The first kappa shape index (κ1) is 20.8. The molecule has 8 nitrogen and oxygen atoms in total. The molecule has 0 atom stereocenters. The summed E-state index contributed by atoms with van der Waals surface area (Å²) in [7, 11) is 1.17. The Hall–Kier alpha value is -4.46. The van der Waals surface area contributed by atoms with Gasteiger partial charge >= 0.3 is 5.97 Å². The molecule has 160 valence electrons. The SMILES string of the molecule is C=C(NC(=O)C(=C)N1Cc2c(cccc2-c2ccc3[nH]c(=O)ccc3c2)C1=O)C(=O)OC. The van der Waals surface area contributed by atoms with E-state index in [2.05, 4.69) is 28.2 Å². The standard InChI is InChI=1S/C24H19N3O5/c1-13(24(31)32-3)25-22(29)14(2)27-12-19-17(5-4-6-18(19)23(27)30)15-7-9-20-16(11-15)8-10-21(28)26-20/h4-11H,1-2,12H2,3H3,(H,25,29)(H,26,28). The molecule has 0 unspecified atom stereocenters. The molecule has 0 radical (unpaired) electrons. The molecule has 0 aliphatic carbocycles. The summed E-state index contributed by atoms with van der Waals surface area (Å²) in [6.07, 6.45) is 0. The number of carbonyl (C=O) groups excluding carboxylic acids is 3. The van der Waals surface area contributed by atoms with Gasteiger partial charge in [0.25, 0.3) is 11.8 Å². The van der Waals surface area contributed by atoms with E-state index in [0.717, 1.165) is 22.1 Å². The summed E-state index contributed by atoms with van der Waals surface area (Å²) in [4.78, 5) is 52.5. The van der Waals surface area contributed by atoms with Crippen LogP contribution in [0.5, 0.6) is 0 Å². The number of nitrogens with one attached hydrogen (secondary N) is 2. The van der Waals surface area contributed by atoms with Gasteiger partial charge in [-0.15, -0.1) is 0 Å². The van der Waals surface area contributed by atoms with Crippen molar-refractivity contribution in [1.29, 1.82) is 0 Å². The minimum absolute atomic E-state index is 0.113. The lowest BCUT2D eigenvalue weighted by Crippen LogP contribution is -2.36. The molecule has 0 saturated heterocycles. The fourth-order valence-electron chi connectivity index (χ4n) is 3.65. The number of carbonyl (C=O) groups is 3. The fourth-order valence-corrected chi connectivity index (χ4v) is 3.65. The third-order valence-electron chi connectivity index (χ3n) is 5.29. The second-order valence-corrected chi connectivity index (χ2v) is 7.22. The van der Waals surface area contributed by atoms with Crippen molar-refractivity contribution in [2.24, 2.45) is 0 Å². The highest BCUT2D eigenvalue weighted by atomic mass is 16.5. The van der Waals surface area contributed by atoms with Crippen molar-refractivity contribution in [3.63, 3.8) is 0 Å². The maximum absolute atomic E-state index is 13.0. The average molecular weight is 429 g/mol. The molecule has 0 fully saturated rings. The maximum atomic E-state index is 13.0. The van der Waals surface area contributed by atoms with Crippen LogP contribution in [0.1, 0.15) is 15.9 Å². The quantitative estimate of drug-likeness (QED) is 0.478. The summed E-state index contributed by atoms with van der Waals surface area (Å²) in [5, 5.41) is 3.15. The van der Waals surface area contributed by atoms with Gasteiger partial charge in [0.15, 0.2) is 0 Å². The molecule has 2 heterocycles. The van der Waals surface area contributed by atoms with E-state index in [0.29, 0.717) is 11.1 Å². The normalized spacial score (nSPS) is 12.4. The summed E-state index contributed by atoms with van der Waals surface area (Å²) in [6, 6.07) is 14.1. The monoisotopic (exact) mass is 429 g/mol. The molecule has 2 N–H and O–H groups in total. The van der Waals surface area contributed by atoms with E-state index in [9.17, 15) is 19.2 Å². The number of amides is 2. The molecule has 0 bridgehead atoms. The van der Waals surface area contributed by atoms with Gasteiger partial charge in [-0.1, -0.05) is 31.4 Å². The van der Waals surface area contributed by atoms with Crippen LogP contribution in [0.2, 0.25) is 0 Å². The fraction of sp³-hybridized carbons (Fsp3) is 0.0833. The number of aromatic nitrogens is 1. The van der Waals surface area contributed by atoms with Gasteiger partial charge < -0.3 is 15.0 Å². The maximum Gasteiger partial charge on any atom is 0.353 e. The number of ether oxygens (including phenoxy) is 1. The van der Waals surface area contributed by atoms with Gasteiger partial charge in [0.05, 0.1) is 13.7 Å². The second kappa shape index (κ2) is 7.99. The number of hydrogen-bond donors (Lipinski definition) is 2. The smallest absolute Gasteiger partial charge is 0.353 e. The van der Waals surface area contributed by atoms with Gasteiger partial charge in [0, 0.05) is 17.1 Å². The number of benzene rings is 2. The van der Waals surface area contributed by atoms with Crippen LogP contribution in [-0.2, 0) is 20.9 Å². The minimum atomic E-state index is -0.790. The van der Waals surface area contributed by atoms with Gasteiger partial charge in [0.2, 0.25) is 5.56 Å². The summed E-state index contributed by atoms with van der Waals surface area (Å²) >= 11 is 0. The molecule has 8 heteroatoms. The summed E-state index contributed by atoms with van der Waals surface area (Å²) < 4.78 is 4.51. The molecule has 2 amide bonds. The van der Waals surface area contributed by atoms with Gasteiger partial charge in [-0.2, -0.15) is 0 Å². The highest BCUT2D eigenvalue weighted by Gasteiger charge is 2.33. The summed E-state index contributed by atoms with van der Waals surface area (Å²) in [5.74, 6) is -1.88. The molecule has 1 aliphatic heterocycles. The molecule has 0 spiro atoms. The van der Waals surface area contributed by atoms with Crippen molar-refractivity contribution < 1.29 is 19.1 Å². The number of H-pyrrole nitrogens is 1. The van der Waals surface area contributed by atoms with Crippen LogP contribution in [0.15, 0.2) is 77.9 Å². The Balaban J connectivity index is 1.64. The molecule has 1 aromatic heterocycles. The zero-order chi connectivity index (χ0) is 23.0. The van der Waals surface area contributed by atoms with Gasteiger partial charge in [0.1, 0.15) is 11.4 Å². The first-order valence-electron chi connectivity index (χ1n) is 9.65. The van der Waals surface area contributed by atoms with E-state index in [1.54, 1.807) is 18.2 Å². The molecule has 32 heavy (non-hydrogen) atoms. The lowest BCUT2D eigenvalue weighted by molar-refractivity contribution is -0.137. The summed E-state index contributed by atoms with van der Waals surface area (Å²) in [6.45, 7) is 7.31. The van der Waals surface area contributed by atoms with Gasteiger partial charge in [-0.05, 0) is 46.3 Å². The zero-order valence-corrected chi connectivity index (χ0v) is 17.2. The molecule has 2 aromatic carbocycles. The third kappa shape index (κ3) is 3.58. The van der Waals surface area contributed by atoms with E-state index in [4.69, 9.17) is 0 Å². The number of nitrogens with zero attached hydrogens (tertiary/aromatic N) is 1.